The molecule has 1 nitrogen and oxygen atoms in total. The first-order valence-corrected chi connectivity index (χ1v) is 4.87. The first-order valence-electron chi connectivity index (χ1n) is 3.51. The van der Waals surface area contributed by atoms with Gasteiger partial charge >= 0.3 is 0 Å². The molecule has 0 spiro atoms. The molecule has 0 fully saturated rings. The monoisotopic (exact) mass is 219 g/mol. The maximum atomic E-state index is 13.1. The van der Waals surface area contributed by atoms with Crippen LogP contribution < -0.4 is 0 Å². The number of hydrogen-bond donors (Lipinski definition) is 0. The van der Waals surface area contributed by atoms with Crippen LogP contribution in [0.25, 0.3) is 10.2 Å². The van der Waals surface area contributed by atoms with Gasteiger partial charge in [0.05, 0.1) is 10.6 Å². The maximum Gasteiger partial charge on any atom is 0.185 e. The minimum atomic E-state index is -0.898. The predicted octanol–water partition coefficient (Wildman–Crippen LogP) is 3.31. The number of alkyl halides is 1. The van der Waals surface area contributed by atoms with Crippen molar-refractivity contribution in [3.8, 4) is 0 Å². The maximum absolute atomic E-state index is 13.1. The minimum Gasteiger partial charge on any atom is -0.237 e. The number of nitrogens with zero attached hydrogens (tertiary/aromatic N) is 1. The molecule has 2 rings (SSSR count). The molecular formula is C8H4ClF2NS. The number of aromatic nitrogens is 1. The second-order valence-corrected chi connectivity index (χ2v) is 3.83. The van der Waals surface area contributed by atoms with Gasteiger partial charge in [0.25, 0.3) is 0 Å². The molecule has 0 N–H and O–H groups in total. The van der Waals surface area contributed by atoms with E-state index in [1.54, 1.807) is 0 Å². The number of thiazole rings is 1. The van der Waals surface area contributed by atoms with Crippen molar-refractivity contribution in [1.29, 1.82) is 0 Å². The lowest BCUT2D eigenvalue weighted by Crippen LogP contribution is -1.84. The van der Waals surface area contributed by atoms with E-state index in [4.69, 9.17) is 11.6 Å². The van der Waals surface area contributed by atoms with Crippen LogP contribution in [-0.4, -0.2) is 4.98 Å². The van der Waals surface area contributed by atoms with Gasteiger partial charge in [0.15, 0.2) is 11.6 Å². The predicted molar refractivity (Wildman–Crippen MR) is 49.1 cm³/mol. The van der Waals surface area contributed by atoms with Crippen molar-refractivity contribution in [2.45, 2.75) is 5.88 Å². The van der Waals surface area contributed by atoms with E-state index in [0.717, 1.165) is 6.07 Å². The second-order valence-electron chi connectivity index (χ2n) is 2.45. The summed E-state index contributed by atoms with van der Waals surface area (Å²) in [6.45, 7) is 0. The van der Waals surface area contributed by atoms with Gasteiger partial charge in [0.2, 0.25) is 0 Å². The summed E-state index contributed by atoms with van der Waals surface area (Å²) in [6.07, 6.45) is 0. The summed E-state index contributed by atoms with van der Waals surface area (Å²) in [6, 6.07) is 2.59. The van der Waals surface area contributed by atoms with Crippen LogP contribution in [-0.2, 0) is 5.88 Å². The summed E-state index contributed by atoms with van der Waals surface area (Å²) in [7, 11) is 0. The van der Waals surface area contributed by atoms with Crippen LogP contribution in [0.2, 0.25) is 0 Å². The molecule has 1 aromatic heterocycles. The van der Waals surface area contributed by atoms with Gasteiger partial charge < -0.3 is 0 Å². The van der Waals surface area contributed by atoms with E-state index >= 15 is 0 Å². The van der Waals surface area contributed by atoms with Crippen molar-refractivity contribution in [3.05, 3.63) is 28.8 Å². The van der Waals surface area contributed by atoms with Crippen LogP contribution in [0.4, 0.5) is 8.78 Å². The quantitative estimate of drug-likeness (QED) is 0.671. The molecule has 0 aliphatic heterocycles. The van der Waals surface area contributed by atoms with Crippen molar-refractivity contribution in [2.24, 2.45) is 0 Å². The number of rotatable bonds is 1. The SMILES string of the molecule is Fc1ccc2sc(CCl)nc2c1F. The fourth-order valence-electron chi connectivity index (χ4n) is 1.04. The third-order valence-corrected chi connectivity index (χ3v) is 3.04. The third-order valence-electron chi connectivity index (χ3n) is 1.61. The normalized spacial score (nSPS) is 11.0. The summed E-state index contributed by atoms with van der Waals surface area (Å²) in [5.74, 6) is -1.55. The summed E-state index contributed by atoms with van der Waals surface area (Å²) < 4.78 is 26.4. The third kappa shape index (κ3) is 1.40. The number of hydrogen-bond acceptors (Lipinski definition) is 2. The highest BCUT2D eigenvalue weighted by Crippen LogP contribution is 2.26. The first kappa shape index (κ1) is 8.84. The Labute approximate surface area is 82.0 Å². The second kappa shape index (κ2) is 3.20. The van der Waals surface area contributed by atoms with E-state index < -0.39 is 11.6 Å². The Hall–Kier alpha value is -0.740. The number of fused-ring (bicyclic) bond motifs is 1. The Morgan fingerprint density at radius 2 is 2.15 bits per heavy atom. The standard InChI is InChI=1S/C8H4ClF2NS/c9-3-6-12-8-5(13-6)2-1-4(10)7(8)11/h1-2H,3H2. The van der Waals surface area contributed by atoms with E-state index in [2.05, 4.69) is 4.98 Å². The van der Waals surface area contributed by atoms with Crippen LogP contribution in [0.15, 0.2) is 12.1 Å². The molecule has 0 radical (unpaired) electrons. The first-order chi connectivity index (χ1) is 6.22. The summed E-state index contributed by atoms with van der Waals surface area (Å²) in [4.78, 5) is 3.86. The van der Waals surface area contributed by atoms with Crippen molar-refractivity contribution in [1.82, 2.24) is 4.98 Å². The van der Waals surface area contributed by atoms with Gasteiger partial charge in [0.1, 0.15) is 10.5 Å². The fourth-order valence-corrected chi connectivity index (χ4v) is 2.08. The Kier molecular flexibility index (Phi) is 2.17. The smallest absolute Gasteiger partial charge is 0.185 e. The lowest BCUT2D eigenvalue weighted by molar-refractivity contribution is 0.515. The lowest BCUT2D eigenvalue weighted by atomic mass is 10.3. The Morgan fingerprint density at radius 3 is 2.85 bits per heavy atom. The zero-order chi connectivity index (χ0) is 9.42. The van der Waals surface area contributed by atoms with Gasteiger partial charge in [-0.15, -0.1) is 22.9 Å². The fraction of sp³-hybridized carbons (Fsp3) is 0.125. The van der Waals surface area contributed by atoms with Crippen LogP contribution in [0, 0.1) is 11.6 Å². The highest BCUT2D eigenvalue weighted by Gasteiger charge is 2.11. The van der Waals surface area contributed by atoms with E-state index in [9.17, 15) is 8.78 Å². The molecule has 0 unspecified atom stereocenters. The van der Waals surface area contributed by atoms with Gasteiger partial charge in [-0.05, 0) is 12.1 Å². The molecule has 68 valence electrons. The van der Waals surface area contributed by atoms with Crippen molar-refractivity contribution < 1.29 is 8.78 Å². The van der Waals surface area contributed by atoms with E-state index in [1.165, 1.54) is 17.4 Å². The zero-order valence-corrected chi connectivity index (χ0v) is 7.92. The van der Waals surface area contributed by atoms with Crippen molar-refractivity contribution in [2.75, 3.05) is 0 Å². The van der Waals surface area contributed by atoms with Crippen LogP contribution in [0.5, 0.6) is 0 Å². The van der Waals surface area contributed by atoms with Gasteiger partial charge in [-0.25, -0.2) is 13.8 Å². The molecule has 0 aliphatic rings. The van der Waals surface area contributed by atoms with Crippen molar-refractivity contribution >= 4 is 33.2 Å². The van der Waals surface area contributed by atoms with Crippen LogP contribution in [0.3, 0.4) is 0 Å². The van der Waals surface area contributed by atoms with E-state index in [0.29, 0.717) is 9.71 Å². The summed E-state index contributed by atoms with van der Waals surface area (Å²) in [5, 5.41) is 0.598. The molecule has 1 heterocycles. The topological polar surface area (TPSA) is 12.9 Å². The number of benzene rings is 1. The van der Waals surface area contributed by atoms with Crippen LogP contribution in [0.1, 0.15) is 5.01 Å². The molecule has 0 bridgehead atoms. The molecule has 13 heavy (non-hydrogen) atoms. The highest BCUT2D eigenvalue weighted by atomic mass is 35.5. The van der Waals surface area contributed by atoms with Gasteiger partial charge in [0, 0.05) is 0 Å². The van der Waals surface area contributed by atoms with Gasteiger partial charge in [-0.2, -0.15) is 0 Å². The molecule has 1 aromatic carbocycles. The number of halogens is 3. The van der Waals surface area contributed by atoms with E-state index in [-0.39, 0.29) is 11.4 Å². The Balaban J connectivity index is 2.76. The largest absolute Gasteiger partial charge is 0.237 e. The highest BCUT2D eigenvalue weighted by molar-refractivity contribution is 7.18. The molecule has 0 saturated carbocycles. The van der Waals surface area contributed by atoms with E-state index in [1.807, 2.05) is 0 Å². The molecule has 0 atom stereocenters. The Morgan fingerprint density at radius 1 is 1.38 bits per heavy atom. The molecule has 0 amide bonds. The Bertz CT molecular complexity index is 455. The van der Waals surface area contributed by atoms with Gasteiger partial charge in [-0.3, -0.25) is 0 Å². The average Bonchev–Trinajstić information content (AvgIpc) is 2.55. The molecular weight excluding hydrogens is 216 g/mol. The minimum absolute atomic E-state index is 0.0700. The van der Waals surface area contributed by atoms with Crippen molar-refractivity contribution in [3.63, 3.8) is 0 Å². The molecule has 0 saturated heterocycles. The van der Waals surface area contributed by atoms with Gasteiger partial charge in [-0.1, -0.05) is 0 Å². The summed E-state index contributed by atoms with van der Waals surface area (Å²) in [5.41, 5.74) is 0.0700. The van der Waals surface area contributed by atoms with Crippen LogP contribution >= 0.6 is 22.9 Å². The molecule has 2 aromatic rings. The average molecular weight is 220 g/mol. The molecule has 0 aliphatic carbocycles. The zero-order valence-electron chi connectivity index (χ0n) is 6.35. The summed E-state index contributed by atoms with van der Waals surface area (Å²) >= 11 is 6.79. The lowest BCUT2D eigenvalue weighted by Gasteiger charge is -1.90. The molecule has 5 heteroatoms.